The van der Waals surface area contributed by atoms with E-state index in [-0.39, 0.29) is 23.9 Å². The van der Waals surface area contributed by atoms with E-state index in [0.717, 1.165) is 31.3 Å². The molecule has 134 valence electrons. The van der Waals surface area contributed by atoms with Crippen molar-refractivity contribution in [2.45, 2.75) is 57.0 Å². The van der Waals surface area contributed by atoms with Crippen molar-refractivity contribution in [2.75, 3.05) is 26.9 Å². The molecule has 0 unspecified atom stereocenters. The Morgan fingerprint density at radius 3 is 2.62 bits per heavy atom. The van der Waals surface area contributed by atoms with Gasteiger partial charge in [-0.1, -0.05) is 13.8 Å². The Kier molecular flexibility index (Phi) is 3.63. The molecule has 24 heavy (non-hydrogen) atoms. The van der Waals surface area contributed by atoms with Gasteiger partial charge >= 0.3 is 5.97 Å². The number of rotatable bonds is 2. The number of methoxy groups -OCH3 is 1. The van der Waals surface area contributed by atoms with Crippen molar-refractivity contribution in [3.8, 4) is 0 Å². The minimum absolute atomic E-state index is 0.226. The van der Waals surface area contributed by atoms with Crippen LogP contribution in [0, 0.1) is 11.3 Å². The van der Waals surface area contributed by atoms with Crippen LogP contribution in [0.4, 0.5) is 0 Å². The number of aliphatic hydroxyl groups is 1. The minimum Gasteiger partial charge on any atom is -0.451 e. The molecule has 1 N–H and O–H groups in total. The minimum atomic E-state index is -1.20. The van der Waals surface area contributed by atoms with Crippen LogP contribution in [0.15, 0.2) is 11.1 Å². The predicted octanol–water partition coefficient (Wildman–Crippen LogP) is 1.56. The fourth-order valence-electron chi connectivity index (χ4n) is 5.34. The van der Waals surface area contributed by atoms with Crippen LogP contribution in [0.5, 0.6) is 0 Å². The highest BCUT2D eigenvalue weighted by atomic mass is 16.7. The predicted molar refractivity (Wildman–Crippen MR) is 84.1 cm³/mol. The van der Waals surface area contributed by atoms with E-state index in [0.29, 0.717) is 18.8 Å². The molecule has 2 heterocycles. The average molecular weight is 338 g/mol. The van der Waals surface area contributed by atoms with Crippen molar-refractivity contribution in [2.24, 2.45) is 11.3 Å². The van der Waals surface area contributed by atoms with Gasteiger partial charge < -0.3 is 24.1 Å². The van der Waals surface area contributed by atoms with E-state index in [4.69, 9.17) is 18.9 Å². The second kappa shape index (κ2) is 5.27. The molecule has 1 spiro atoms. The first-order valence-corrected chi connectivity index (χ1v) is 8.80. The van der Waals surface area contributed by atoms with Crippen LogP contribution in [0.2, 0.25) is 0 Å². The van der Waals surface area contributed by atoms with E-state index in [1.54, 1.807) is 7.11 Å². The third-order valence-electron chi connectivity index (χ3n) is 6.90. The lowest BCUT2D eigenvalue weighted by atomic mass is 9.50. The van der Waals surface area contributed by atoms with Crippen molar-refractivity contribution in [1.82, 2.24) is 0 Å². The van der Waals surface area contributed by atoms with Crippen LogP contribution in [0.3, 0.4) is 0 Å². The Morgan fingerprint density at radius 1 is 1.25 bits per heavy atom. The molecule has 6 heteroatoms. The lowest BCUT2D eigenvalue weighted by Crippen LogP contribution is -2.70. The van der Waals surface area contributed by atoms with Crippen LogP contribution in [-0.4, -0.2) is 55.5 Å². The van der Waals surface area contributed by atoms with E-state index in [1.807, 2.05) is 6.92 Å². The molecular weight excluding hydrogens is 312 g/mol. The molecule has 4 aliphatic rings. The second-order valence-electron chi connectivity index (χ2n) is 7.84. The van der Waals surface area contributed by atoms with Crippen molar-refractivity contribution < 1.29 is 28.8 Å². The first kappa shape index (κ1) is 16.5. The lowest BCUT2D eigenvalue weighted by molar-refractivity contribution is -0.313. The molecule has 4 atom stereocenters. The highest BCUT2D eigenvalue weighted by Gasteiger charge is 2.70. The lowest BCUT2D eigenvalue weighted by Gasteiger charge is -2.61. The molecule has 0 radical (unpaired) electrons. The molecular formula is C18H26O6. The molecule has 0 bridgehead atoms. The van der Waals surface area contributed by atoms with E-state index in [1.165, 1.54) is 0 Å². The maximum absolute atomic E-state index is 12.3. The summed E-state index contributed by atoms with van der Waals surface area (Å²) in [5.74, 6) is -1.43. The van der Waals surface area contributed by atoms with Gasteiger partial charge in [-0.25, -0.2) is 4.79 Å². The maximum atomic E-state index is 12.3. The summed E-state index contributed by atoms with van der Waals surface area (Å²) in [5.41, 5.74) is -0.0695. The van der Waals surface area contributed by atoms with E-state index >= 15 is 0 Å². The summed E-state index contributed by atoms with van der Waals surface area (Å²) in [6.07, 6.45) is 2.50. The molecule has 0 aromatic heterocycles. The molecule has 2 aliphatic carbocycles. The summed E-state index contributed by atoms with van der Waals surface area (Å²) in [6.45, 7) is 5.38. The standard InChI is InChI=1S/C18H26O6/c1-11-17(22-8-9-23-17)7-6-16(2)5-4-12-13(10-21-3)15(19)24-14(12)18(11,16)20/h11,14,20H,4-10H2,1-3H3/t11-,14-,16-,18-/m0/s1. The summed E-state index contributed by atoms with van der Waals surface area (Å²) in [5, 5.41) is 11.9. The Balaban J connectivity index is 1.78. The summed E-state index contributed by atoms with van der Waals surface area (Å²) in [4.78, 5) is 12.3. The molecule has 0 aromatic carbocycles. The Hall–Kier alpha value is -0.950. The normalized spacial score (nSPS) is 43.8. The van der Waals surface area contributed by atoms with Crippen LogP contribution in [0.1, 0.15) is 39.5 Å². The molecule has 1 saturated heterocycles. The number of esters is 1. The van der Waals surface area contributed by atoms with E-state index < -0.39 is 17.5 Å². The van der Waals surface area contributed by atoms with Gasteiger partial charge in [-0.2, -0.15) is 0 Å². The summed E-state index contributed by atoms with van der Waals surface area (Å²) in [7, 11) is 1.56. The van der Waals surface area contributed by atoms with Crippen LogP contribution < -0.4 is 0 Å². The second-order valence-corrected chi connectivity index (χ2v) is 7.84. The summed E-state index contributed by atoms with van der Waals surface area (Å²) < 4.78 is 22.7. The molecule has 0 amide bonds. The molecule has 3 fully saturated rings. The summed E-state index contributed by atoms with van der Waals surface area (Å²) in [6, 6.07) is 0. The highest BCUT2D eigenvalue weighted by molar-refractivity contribution is 5.93. The average Bonchev–Trinajstić information content (AvgIpc) is 3.15. The van der Waals surface area contributed by atoms with Gasteiger partial charge in [0, 0.05) is 24.9 Å². The molecule has 6 nitrogen and oxygen atoms in total. The third kappa shape index (κ3) is 1.88. The smallest absolute Gasteiger partial charge is 0.337 e. The number of hydrogen-bond acceptors (Lipinski definition) is 6. The Bertz CT molecular complexity index is 592. The first-order valence-electron chi connectivity index (χ1n) is 8.80. The van der Waals surface area contributed by atoms with Gasteiger partial charge in [-0.15, -0.1) is 0 Å². The number of fused-ring (bicyclic) bond motifs is 3. The van der Waals surface area contributed by atoms with Gasteiger partial charge in [0.25, 0.3) is 0 Å². The third-order valence-corrected chi connectivity index (χ3v) is 6.90. The van der Waals surface area contributed by atoms with Gasteiger partial charge in [-0.05, 0) is 24.8 Å². The number of carbonyl (C=O) groups excluding carboxylic acids is 1. The molecule has 2 saturated carbocycles. The first-order chi connectivity index (χ1) is 11.4. The van der Waals surface area contributed by atoms with Gasteiger partial charge in [0.2, 0.25) is 0 Å². The van der Waals surface area contributed by atoms with Crippen LogP contribution in [0.25, 0.3) is 0 Å². The summed E-state index contributed by atoms with van der Waals surface area (Å²) >= 11 is 0. The van der Waals surface area contributed by atoms with Gasteiger partial charge in [0.05, 0.1) is 25.4 Å². The fourth-order valence-corrected chi connectivity index (χ4v) is 5.34. The zero-order valence-corrected chi connectivity index (χ0v) is 14.6. The van der Waals surface area contributed by atoms with Gasteiger partial charge in [-0.3, -0.25) is 0 Å². The van der Waals surface area contributed by atoms with Gasteiger partial charge in [0.1, 0.15) is 5.60 Å². The van der Waals surface area contributed by atoms with Crippen molar-refractivity contribution in [1.29, 1.82) is 0 Å². The van der Waals surface area contributed by atoms with Crippen LogP contribution in [-0.2, 0) is 23.7 Å². The van der Waals surface area contributed by atoms with Crippen molar-refractivity contribution in [3.63, 3.8) is 0 Å². The topological polar surface area (TPSA) is 74.2 Å². The Labute approximate surface area is 142 Å². The fraction of sp³-hybridized carbons (Fsp3) is 0.833. The molecule has 0 aromatic rings. The SMILES string of the molecule is COCC1=C2CC[C@@]3(C)CCC4(OCCO4)[C@H](C)[C@]3(O)[C@H]2OC1=O. The monoisotopic (exact) mass is 338 g/mol. The number of hydrogen-bond donors (Lipinski definition) is 1. The van der Waals surface area contributed by atoms with Crippen molar-refractivity contribution in [3.05, 3.63) is 11.1 Å². The van der Waals surface area contributed by atoms with Crippen molar-refractivity contribution >= 4 is 5.97 Å². The zero-order chi connectivity index (χ0) is 17.2. The molecule has 2 aliphatic heterocycles. The highest BCUT2D eigenvalue weighted by Crippen LogP contribution is 2.62. The van der Waals surface area contributed by atoms with Gasteiger partial charge in [0.15, 0.2) is 11.9 Å². The number of ether oxygens (including phenoxy) is 4. The zero-order valence-electron chi connectivity index (χ0n) is 14.6. The van der Waals surface area contributed by atoms with E-state index in [2.05, 4.69) is 6.92 Å². The largest absolute Gasteiger partial charge is 0.451 e. The maximum Gasteiger partial charge on any atom is 0.337 e. The van der Waals surface area contributed by atoms with Crippen LogP contribution >= 0.6 is 0 Å². The Morgan fingerprint density at radius 2 is 1.96 bits per heavy atom. The number of carbonyl (C=O) groups is 1. The quantitative estimate of drug-likeness (QED) is 0.770. The van der Waals surface area contributed by atoms with E-state index in [9.17, 15) is 9.90 Å². The molecule has 4 rings (SSSR count).